The lowest BCUT2D eigenvalue weighted by Crippen LogP contribution is -2.15. The fraction of sp³-hybridized carbons (Fsp3) is 0.267. The van der Waals surface area contributed by atoms with Crippen molar-refractivity contribution in [3.8, 4) is 0 Å². The molecule has 3 aromatic rings. The molecule has 4 nitrogen and oxygen atoms in total. The number of hydrogen-bond donors (Lipinski definition) is 0. The molecule has 0 spiro atoms. The summed E-state index contributed by atoms with van der Waals surface area (Å²) in [6, 6.07) is 7.22. The van der Waals surface area contributed by atoms with E-state index in [0.29, 0.717) is 15.7 Å². The summed E-state index contributed by atoms with van der Waals surface area (Å²) >= 11 is 8.26. The molecule has 0 aliphatic heterocycles. The molecule has 122 valence electrons. The van der Waals surface area contributed by atoms with Crippen LogP contribution in [0.1, 0.15) is 18.1 Å². The zero-order valence-electron chi connectivity index (χ0n) is 12.8. The van der Waals surface area contributed by atoms with Gasteiger partial charge in [-0.3, -0.25) is 0 Å². The Kier molecular flexibility index (Phi) is 4.39. The number of hydrogen-bond acceptors (Lipinski definition) is 4. The van der Waals surface area contributed by atoms with Crippen molar-refractivity contribution in [2.45, 2.75) is 31.5 Å². The predicted molar refractivity (Wildman–Crippen MR) is 97.0 cm³/mol. The second-order valence-corrected chi connectivity index (χ2v) is 9.71. The molecule has 0 amide bonds. The molecule has 1 aromatic carbocycles. The average Bonchev–Trinajstić information content (AvgIpc) is 3.02. The number of halogens is 1. The Morgan fingerprint density at radius 1 is 1.22 bits per heavy atom. The SMILES string of the molecule is CCn1/c(=N/S(=O)(=O)c2ccc(Cl)s2)sc2c(C)cc(C)cc21. The van der Waals surface area contributed by atoms with Gasteiger partial charge < -0.3 is 4.57 Å². The molecule has 0 atom stereocenters. The van der Waals surface area contributed by atoms with Gasteiger partial charge in [0.2, 0.25) is 4.80 Å². The summed E-state index contributed by atoms with van der Waals surface area (Å²) < 4.78 is 32.6. The zero-order valence-corrected chi connectivity index (χ0v) is 16.0. The van der Waals surface area contributed by atoms with E-state index < -0.39 is 10.0 Å². The van der Waals surface area contributed by atoms with Crippen molar-refractivity contribution in [1.29, 1.82) is 0 Å². The van der Waals surface area contributed by atoms with Gasteiger partial charge in [-0.15, -0.1) is 15.7 Å². The lowest BCUT2D eigenvalue weighted by molar-refractivity contribution is 0.597. The van der Waals surface area contributed by atoms with Gasteiger partial charge in [0.25, 0.3) is 10.0 Å². The van der Waals surface area contributed by atoms with E-state index in [0.717, 1.165) is 32.7 Å². The first-order valence-electron chi connectivity index (χ1n) is 6.99. The Balaban J connectivity index is 2.29. The summed E-state index contributed by atoms with van der Waals surface area (Å²) in [5, 5.41) is 0. The van der Waals surface area contributed by atoms with Crippen molar-refractivity contribution in [3.05, 3.63) is 44.5 Å². The number of fused-ring (bicyclic) bond motifs is 1. The number of sulfonamides is 1. The first-order chi connectivity index (χ1) is 10.8. The Labute approximate surface area is 147 Å². The van der Waals surface area contributed by atoms with E-state index in [1.165, 1.54) is 17.4 Å². The molecule has 0 aliphatic carbocycles. The lowest BCUT2D eigenvalue weighted by atomic mass is 10.1. The van der Waals surface area contributed by atoms with Crippen molar-refractivity contribution < 1.29 is 8.42 Å². The van der Waals surface area contributed by atoms with Crippen LogP contribution < -0.4 is 4.80 Å². The first-order valence-corrected chi connectivity index (χ1v) is 10.4. The van der Waals surface area contributed by atoms with Gasteiger partial charge in [-0.2, -0.15) is 8.42 Å². The topological polar surface area (TPSA) is 51.4 Å². The Hall–Kier alpha value is -1.15. The third kappa shape index (κ3) is 3.10. The van der Waals surface area contributed by atoms with Crippen molar-refractivity contribution in [2.75, 3.05) is 0 Å². The van der Waals surface area contributed by atoms with Crippen LogP contribution in [0, 0.1) is 13.8 Å². The average molecular weight is 387 g/mol. The molecule has 23 heavy (non-hydrogen) atoms. The molecule has 0 bridgehead atoms. The van der Waals surface area contributed by atoms with Crippen LogP contribution in [0.25, 0.3) is 10.2 Å². The maximum Gasteiger partial charge on any atom is 0.294 e. The summed E-state index contributed by atoms with van der Waals surface area (Å²) in [7, 11) is -3.75. The Morgan fingerprint density at radius 2 is 1.96 bits per heavy atom. The number of thiazole rings is 1. The zero-order chi connectivity index (χ0) is 16.8. The molecular weight excluding hydrogens is 372 g/mol. The minimum Gasteiger partial charge on any atom is -0.316 e. The van der Waals surface area contributed by atoms with Crippen molar-refractivity contribution in [2.24, 2.45) is 4.40 Å². The van der Waals surface area contributed by atoms with E-state index >= 15 is 0 Å². The number of thiophene rings is 1. The molecule has 2 heterocycles. The van der Waals surface area contributed by atoms with Crippen molar-refractivity contribution in [3.63, 3.8) is 0 Å². The number of benzene rings is 1. The van der Waals surface area contributed by atoms with E-state index in [1.54, 1.807) is 6.07 Å². The molecule has 0 unspecified atom stereocenters. The smallest absolute Gasteiger partial charge is 0.294 e. The van der Waals surface area contributed by atoms with Crippen molar-refractivity contribution in [1.82, 2.24) is 4.57 Å². The van der Waals surface area contributed by atoms with Crippen LogP contribution in [-0.2, 0) is 16.6 Å². The minimum atomic E-state index is -3.75. The Morgan fingerprint density at radius 3 is 2.57 bits per heavy atom. The molecule has 8 heteroatoms. The van der Waals surface area contributed by atoms with E-state index in [2.05, 4.69) is 16.5 Å². The molecule has 0 radical (unpaired) electrons. The molecular formula is C15H15ClN2O2S3. The van der Waals surface area contributed by atoms with Crippen LogP contribution in [0.5, 0.6) is 0 Å². The first kappa shape index (κ1) is 16.7. The molecule has 0 fully saturated rings. The summed E-state index contributed by atoms with van der Waals surface area (Å²) in [5.41, 5.74) is 3.30. The normalized spacial score (nSPS) is 13.1. The van der Waals surface area contributed by atoms with Gasteiger partial charge in [0.15, 0.2) is 0 Å². The van der Waals surface area contributed by atoms with Gasteiger partial charge in [-0.1, -0.05) is 29.0 Å². The molecule has 0 N–H and O–H groups in total. The second-order valence-electron chi connectivity index (χ2n) is 5.18. The Bertz CT molecular complexity index is 1060. The van der Waals surface area contributed by atoms with E-state index in [4.69, 9.17) is 11.6 Å². The highest BCUT2D eigenvalue weighted by Crippen LogP contribution is 2.27. The largest absolute Gasteiger partial charge is 0.316 e. The molecule has 0 aliphatic rings. The summed E-state index contributed by atoms with van der Waals surface area (Å²) in [4.78, 5) is 0.487. The number of aromatic nitrogens is 1. The van der Waals surface area contributed by atoms with Gasteiger partial charge in [0.1, 0.15) is 4.21 Å². The number of aryl methyl sites for hydroxylation is 3. The van der Waals surface area contributed by atoms with Crippen molar-refractivity contribution >= 4 is 54.5 Å². The van der Waals surface area contributed by atoms with Gasteiger partial charge in [-0.25, -0.2) is 0 Å². The fourth-order valence-electron chi connectivity index (χ4n) is 2.47. The number of nitrogens with zero attached hydrogens (tertiary/aromatic N) is 2. The minimum absolute atomic E-state index is 0.163. The highest BCUT2D eigenvalue weighted by molar-refractivity contribution is 7.92. The van der Waals surface area contributed by atoms with Crippen LogP contribution in [0.15, 0.2) is 32.9 Å². The van der Waals surface area contributed by atoms with E-state index in [-0.39, 0.29) is 4.21 Å². The lowest BCUT2D eigenvalue weighted by Gasteiger charge is -2.03. The summed E-state index contributed by atoms with van der Waals surface area (Å²) in [5.74, 6) is 0. The van der Waals surface area contributed by atoms with Crippen LogP contribution in [0.3, 0.4) is 0 Å². The highest BCUT2D eigenvalue weighted by atomic mass is 35.5. The monoisotopic (exact) mass is 386 g/mol. The maximum atomic E-state index is 12.5. The third-order valence-electron chi connectivity index (χ3n) is 3.43. The fourth-order valence-corrected chi connectivity index (χ4v) is 6.28. The highest BCUT2D eigenvalue weighted by Gasteiger charge is 2.17. The molecule has 0 saturated heterocycles. The standard InChI is InChI=1S/C15H15ClN2O2S3/c1-4-18-11-8-9(2)7-10(3)14(11)22-15(18)17-23(19,20)13-6-5-12(16)21-13/h5-8H,4H2,1-3H3/b17-15-. The van der Waals surface area contributed by atoms with Crippen LogP contribution >= 0.6 is 34.3 Å². The van der Waals surface area contributed by atoms with Crippen LogP contribution in [0.2, 0.25) is 4.34 Å². The van der Waals surface area contributed by atoms with Gasteiger partial charge >= 0.3 is 0 Å². The van der Waals surface area contributed by atoms with E-state index in [1.807, 2.05) is 25.3 Å². The quantitative estimate of drug-likeness (QED) is 0.672. The van der Waals surface area contributed by atoms with E-state index in [9.17, 15) is 8.42 Å². The maximum absolute atomic E-state index is 12.5. The van der Waals surface area contributed by atoms with Crippen LogP contribution in [-0.4, -0.2) is 13.0 Å². The van der Waals surface area contributed by atoms with Gasteiger partial charge in [0.05, 0.1) is 14.6 Å². The molecule has 0 saturated carbocycles. The van der Waals surface area contributed by atoms with Gasteiger partial charge in [-0.05, 0) is 50.1 Å². The second kappa shape index (κ2) is 6.05. The molecule has 3 rings (SSSR count). The molecule has 2 aromatic heterocycles. The number of rotatable bonds is 3. The van der Waals surface area contributed by atoms with Crippen LogP contribution in [0.4, 0.5) is 0 Å². The van der Waals surface area contributed by atoms with Gasteiger partial charge in [0, 0.05) is 6.54 Å². The summed E-state index contributed by atoms with van der Waals surface area (Å²) in [6.45, 7) is 6.70. The predicted octanol–water partition coefficient (Wildman–Crippen LogP) is 4.34. The summed E-state index contributed by atoms with van der Waals surface area (Å²) in [6.07, 6.45) is 0. The third-order valence-corrected chi connectivity index (χ3v) is 7.74.